The summed E-state index contributed by atoms with van der Waals surface area (Å²) in [6.45, 7) is 0.686. The van der Waals surface area contributed by atoms with Crippen LogP contribution in [0.25, 0.3) is 0 Å². The number of imidazole rings is 1. The Bertz CT molecular complexity index is 964. The van der Waals surface area contributed by atoms with Crippen LogP contribution < -0.4 is 0 Å². The summed E-state index contributed by atoms with van der Waals surface area (Å²) in [5, 5.41) is 2.09. The highest BCUT2D eigenvalue weighted by atomic mass is 35.5. The van der Waals surface area contributed by atoms with Crippen molar-refractivity contribution in [3.8, 4) is 0 Å². The third kappa shape index (κ3) is 3.83. The Kier molecular flexibility index (Phi) is 5.39. The lowest BCUT2D eigenvalue weighted by atomic mass is 10.1. The lowest BCUT2D eigenvalue weighted by Gasteiger charge is -2.30. The summed E-state index contributed by atoms with van der Waals surface area (Å²) in [4.78, 5) is 4.09. The van der Waals surface area contributed by atoms with E-state index >= 15 is 0 Å². The molecule has 1 aliphatic rings. The second-order valence-corrected chi connectivity index (χ2v) is 7.88. The number of benzene rings is 2. The fourth-order valence-corrected chi connectivity index (χ4v) is 4.23. The van der Waals surface area contributed by atoms with Gasteiger partial charge in [-0.3, -0.25) is 0 Å². The Balaban J connectivity index is 1.73. The normalized spacial score (nSPS) is 22.3. The van der Waals surface area contributed by atoms with E-state index in [-0.39, 0.29) is 6.10 Å². The largest absolute Gasteiger partial charge is 0.341 e. The number of halogens is 4. The van der Waals surface area contributed by atoms with Crippen molar-refractivity contribution in [2.24, 2.45) is 0 Å². The monoisotopic (exact) mass is 442 g/mol. The summed E-state index contributed by atoms with van der Waals surface area (Å²) in [5.74, 6) is -1.10. The van der Waals surface area contributed by atoms with E-state index in [4.69, 9.17) is 55.9 Å². The Hall–Kier alpha value is -1.27. The van der Waals surface area contributed by atoms with Crippen molar-refractivity contribution in [2.75, 3.05) is 6.61 Å². The van der Waals surface area contributed by atoms with Gasteiger partial charge in [-0.1, -0.05) is 58.5 Å². The number of aromatic nitrogens is 2. The highest BCUT2D eigenvalue weighted by Crippen LogP contribution is 2.46. The summed E-state index contributed by atoms with van der Waals surface area (Å²) in [5.41, 5.74) is 1.49. The van der Waals surface area contributed by atoms with Gasteiger partial charge < -0.3 is 14.0 Å². The molecular weight excluding hydrogens is 430 g/mol. The van der Waals surface area contributed by atoms with Gasteiger partial charge in [0.25, 0.3) is 0 Å². The second-order valence-electron chi connectivity index (χ2n) is 6.20. The van der Waals surface area contributed by atoms with E-state index in [0.29, 0.717) is 38.8 Å². The minimum absolute atomic E-state index is 0.314. The molecule has 4 nitrogen and oxygen atoms in total. The molecule has 8 heteroatoms. The van der Waals surface area contributed by atoms with E-state index in [2.05, 4.69) is 4.98 Å². The van der Waals surface area contributed by atoms with Crippen molar-refractivity contribution in [1.29, 1.82) is 0 Å². The van der Waals surface area contributed by atoms with Crippen LogP contribution in [0.4, 0.5) is 0 Å². The van der Waals surface area contributed by atoms with Crippen molar-refractivity contribution >= 4 is 46.4 Å². The molecule has 1 aromatic heterocycles. The molecule has 140 valence electrons. The first-order valence-corrected chi connectivity index (χ1v) is 9.66. The quantitative estimate of drug-likeness (QED) is 0.486. The molecule has 0 N–H and O–H groups in total. The zero-order chi connectivity index (χ0) is 19.0. The van der Waals surface area contributed by atoms with Crippen molar-refractivity contribution in [1.82, 2.24) is 9.55 Å². The summed E-state index contributed by atoms with van der Waals surface area (Å²) in [6, 6.07) is 10.5. The van der Waals surface area contributed by atoms with Gasteiger partial charge in [0.15, 0.2) is 0 Å². The molecule has 1 aliphatic heterocycles. The van der Waals surface area contributed by atoms with Crippen LogP contribution in [0.15, 0.2) is 55.1 Å². The standard InChI is InChI=1S/C19H14Cl4N2O2/c20-12-1-3-14(16(22)7-12)18-9-26-19(27-18,10-25-6-5-24-11-25)15-4-2-13(21)8-17(15)23/h1-8,11,18H,9-10H2. The summed E-state index contributed by atoms with van der Waals surface area (Å²) < 4.78 is 14.5. The maximum atomic E-state index is 6.47. The number of hydrogen-bond acceptors (Lipinski definition) is 3. The Morgan fingerprint density at radius 2 is 1.78 bits per heavy atom. The van der Waals surface area contributed by atoms with Gasteiger partial charge in [0.2, 0.25) is 5.79 Å². The van der Waals surface area contributed by atoms with Crippen LogP contribution in [0.3, 0.4) is 0 Å². The molecule has 0 bridgehead atoms. The first kappa shape index (κ1) is 19.1. The molecule has 0 spiro atoms. The highest BCUT2D eigenvalue weighted by molar-refractivity contribution is 6.35. The molecule has 1 saturated heterocycles. The Morgan fingerprint density at radius 3 is 2.44 bits per heavy atom. The SMILES string of the molecule is Clc1ccc(C2COC(Cn3ccnc3)(c3ccc(Cl)cc3Cl)O2)c(Cl)c1. The smallest absolute Gasteiger partial charge is 0.215 e. The minimum Gasteiger partial charge on any atom is -0.341 e. The van der Waals surface area contributed by atoms with Crippen molar-refractivity contribution in [3.63, 3.8) is 0 Å². The maximum absolute atomic E-state index is 6.47. The Morgan fingerprint density at radius 1 is 1.04 bits per heavy atom. The van der Waals surface area contributed by atoms with E-state index < -0.39 is 5.79 Å². The van der Waals surface area contributed by atoms with Gasteiger partial charge in [-0.25, -0.2) is 4.98 Å². The predicted molar refractivity (Wildman–Crippen MR) is 107 cm³/mol. The number of ether oxygens (including phenoxy) is 2. The molecule has 2 atom stereocenters. The highest BCUT2D eigenvalue weighted by Gasteiger charge is 2.46. The molecule has 27 heavy (non-hydrogen) atoms. The van der Waals surface area contributed by atoms with Crippen molar-refractivity contribution in [3.05, 3.63) is 86.3 Å². The molecule has 0 aliphatic carbocycles. The fraction of sp³-hybridized carbons (Fsp3) is 0.211. The van der Waals surface area contributed by atoms with Gasteiger partial charge in [-0.05, 0) is 24.3 Å². The third-order valence-electron chi connectivity index (χ3n) is 4.40. The fourth-order valence-electron chi connectivity index (χ4n) is 3.15. The van der Waals surface area contributed by atoms with Crippen LogP contribution in [0.1, 0.15) is 17.2 Å². The topological polar surface area (TPSA) is 36.3 Å². The molecule has 1 fully saturated rings. The average Bonchev–Trinajstić information content (AvgIpc) is 3.26. The van der Waals surface area contributed by atoms with Crippen LogP contribution in [0.5, 0.6) is 0 Å². The Labute approximate surface area is 176 Å². The van der Waals surface area contributed by atoms with Gasteiger partial charge >= 0.3 is 0 Å². The van der Waals surface area contributed by atoms with E-state index in [1.54, 1.807) is 36.8 Å². The van der Waals surface area contributed by atoms with E-state index in [9.17, 15) is 0 Å². The zero-order valence-electron chi connectivity index (χ0n) is 13.9. The molecule has 0 amide bonds. The number of nitrogens with zero attached hydrogens (tertiary/aromatic N) is 2. The summed E-state index contributed by atoms with van der Waals surface area (Å²) in [6.07, 6.45) is 4.85. The molecule has 2 unspecified atom stereocenters. The van der Waals surface area contributed by atoms with E-state index in [1.165, 1.54) is 0 Å². The van der Waals surface area contributed by atoms with Crippen molar-refractivity contribution < 1.29 is 9.47 Å². The minimum atomic E-state index is -1.10. The predicted octanol–water partition coefficient (Wildman–Crippen LogP) is 6.14. The zero-order valence-corrected chi connectivity index (χ0v) is 16.9. The van der Waals surface area contributed by atoms with Crippen LogP contribution in [0.2, 0.25) is 20.1 Å². The number of hydrogen-bond donors (Lipinski definition) is 0. The van der Waals surface area contributed by atoms with E-state index in [0.717, 1.165) is 5.56 Å². The van der Waals surface area contributed by atoms with E-state index in [1.807, 2.05) is 22.9 Å². The molecule has 3 aromatic rings. The lowest BCUT2D eigenvalue weighted by Crippen LogP contribution is -2.33. The van der Waals surface area contributed by atoms with Gasteiger partial charge in [-0.2, -0.15) is 0 Å². The van der Waals surface area contributed by atoms with Crippen LogP contribution in [-0.2, 0) is 21.8 Å². The molecule has 0 radical (unpaired) electrons. The first-order chi connectivity index (χ1) is 13.0. The third-order valence-corrected chi connectivity index (χ3v) is 5.51. The van der Waals surface area contributed by atoms with Crippen LogP contribution in [0, 0.1) is 0 Å². The van der Waals surface area contributed by atoms with Gasteiger partial charge in [0, 0.05) is 38.6 Å². The molecule has 4 rings (SSSR count). The lowest BCUT2D eigenvalue weighted by molar-refractivity contribution is -0.187. The van der Waals surface area contributed by atoms with Gasteiger partial charge in [0.1, 0.15) is 6.10 Å². The second kappa shape index (κ2) is 7.63. The van der Waals surface area contributed by atoms with Crippen LogP contribution >= 0.6 is 46.4 Å². The molecule has 0 saturated carbocycles. The summed E-state index contributed by atoms with van der Waals surface area (Å²) >= 11 is 24.9. The number of rotatable bonds is 4. The van der Waals surface area contributed by atoms with Crippen LogP contribution in [-0.4, -0.2) is 16.2 Å². The van der Waals surface area contributed by atoms with Crippen molar-refractivity contribution in [2.45, 2.75) is 18.4 Å². The molecule has 2 heterocycles. The van der Waals surface area contributed by atoms with Gasteiger partial charge in [0.05, 0.1) is 24.5 Å². The molecular formula is C19H14Cl4N2O2. The molecule has 2 aromatic carbocycles. The summed E-state index contributed by atoms with van der Waals surface area (Å²) in [7, 11) is 0. The average molecular weight is 444 g/mol. The van der Waals surface area contributed by atoms with Gasteiger partial charge in [-0.15, -0.1) is 0 Å². The first-order valence-electron chi connectivity index (χ1n) is 8.15. The maximum Gasteiger partial charge on any atom is 0.215 e.